The summed E-state index contributed by atoms with van der Waals surface area (Å²) in [5.74, 6) is -1.02. The number of amides is 1. The number of carbonyl (C=O) groups is 2. The van der Waals surface area contributed by atoms with Crippen LogP contribution in [0.15, 0.2) is 42.6 Å². The number of carboxylic acids is 1. The minimum atomic E-state index is -4.76. The lowest BCUT2D eigenvalue weighted by molar-refractivity contribution is -0.143. The van der Waals surface area contributed by atoms with Crippen LogP contribution in [0, 0.1) is 6.92 Å². The third-order valence-corrected chi connectivity index (χ3v) is 8.30. The molecule has 14 heteroatoms. The molecule has 1 amide bonds. The number of aliphatic hydroxyl groups excluding tert-OH is 1. The maximum Gasteiger partial charge on any atom is 0.433 e. The molecular weight excluding hydrogens is 563 g/mol. The second-order valence-electron chi connectivity index (χ2n) is 9.49. The first-order valence-electron chi connectivity index (χ1n) is 12.6. The van der Waals surface area contributed by atoms with Gasteiger partial charge in [-0.25, -0.2) is 14.3 Å². The molecule has 10 nitrogen and oxygen atoms in total. The standard InChI is InChI=1S/C27H26F3N5O5S/c1-15-22(16-3-5-17(40-2)6-4-16)32-24-18(13-31-35(24)23(15)27(28,29)30)25(37)34-11-9-33(10-12-34)19(14-36)20-7-8-21(41-20)26(38)39/h3-8,13,19,36H,9-12,14H2,1-2H3,(H,38,39). The topological polar surface area (TPSA) is 120 Å². The Labute approximate surface area is 236 Å². The number of hydrogen-bond donors (Lipinski definition) is 2. The highest BCUT2D eigenvalue weighted by atomic mass is 32.1. The molecule has 216 valence electrons. The number of halogens is 3. The molecule has 1 aromatic carbocycles. The van der Waals surface area contributed by atoms with Gasteiger partial charge in [-0.05, 0) is 43.3 Å². The summed E-state index contributed by atoms with van der Waals surface area (Å²) in [6, 6.07) is 9.16. The summed E-state index contributed by atoms with van der Waals surface area (Å²) in [6.45, 7) is 2.31. The van der Waals surface area contributed by atoms with E-state index >= 15 is 0 Å². The van der Waals surface area contributed by atoms with E-state index in [0.717, 1.165) is 17.5 Å². The van der Waals surface area contributed by atoms with Gasteiger partial charge in [0.05, 0.1) is 31.6 Å². The van der Waals surface area contributed by atoms with Gasteiger partial charge in [0.1, 0.15) is 16.2 Å². The number of carboxylic acid groups (broad SMARTS) is 1. The van der Waals surface area contributed by atoms with Gasteiger partial charge in [-0.2, -0.15) is 18.3 Å². The zero-order chi connectivity index (χ0) is 29.5. The summed E-state index contributed by atoms with van der Waals surface area (Å²) in [5.41, 5.74) is -0.885. The number of aromatic nitrogens is 3. The first-order valence-corrected chi connectivity index (χ1v) is 13.4. The molecule has 3 aromatic heterocycles. The normalized spacial score (nSPS) is 15.3. The fourth-order valence-electron chi connectivity index (χ4n) is 5.03. The molecule has 2 N–H and O–H groups in total. The highest BCUT2D eigenvalue weighted by Crippen LogP contribution is 2.37. The maximum atomic E-state index is 14.2. The molecule has 0 bridgehead atoms. The van der Waals surface area contributed by atoms with Crippen molar-refractivity contribution in [1.29, 1.82) is 0 Å². The first kappa shape index (κ1) is 28.5. The van der Waals surface area contributed by atoms with Crippen molar-refractivity contribution in [3.05, 3.63) is 69.2 Å². The van der Waals surface area contributed by atoms with Gasteiger partial charge < -0.3 is 19.8 Å². The Morgan fingerprint density at radius 1 is 1.10 bits per heavy atom. The lowest BCUT2D eigenvalue weighted by Gasteiger charge is -2.38. The van der Waals surface area contributed by atoms with Crippen molar-refractivity contribution < 1.29 is 37.7 Å². The lowest BCUT2D eigenvalue weighted by Crippen LogP contribution is -2.50. The zero-order valence-electron chi connectivity index (χ0n) is 22.1. The van der Waals surface area contributed by atoms with Crippen LogP contribution in [0.3, 0.4) is 0 Å². The number of rotatable bonds is 7. The number of hydrogen-bond acceptors (Lipinski definition) is 8. The molecule has 4 heterocycles. The number of piperazine rings is 1. The van der Waals surface area contributed by atoms with Crippen LogP contribution < -0.4 is 4.74 Å². The number of nitrogens with zero attached hydrogens (tertiary/aromatic N) is 5. The van der Waals surface area contributed by atoms with Crippen molar-refractivity contribution in [1.82, 2.24) is 24.4 Å². The van der Waals surface area contributed by atoms with Crippen LogP contribution in [-0.4, -0.2) is 86.4 Å². The van der Waals surface area contributed by atoms with Crippen LogP contribution in [0.4, 0.5) is 13.2 Å². The van der Waals surface area contributed by atoms with Gasteiger partial charge >= 0.3 is 12.1 Å². The van der Waals surface area contributed by atoms with Crippen molar-refractivity contribution >= 4 is 28.9 Å². The number of aliphatic hydroxyl groups is 1. The number of alkyl halides is 3. The predicted octanol–water partition coefficient (Wildman–Crippen LogP) is 3.98. The van der Waals surface area contributed by atoms with E-state index in [0.29, 0.717) is 33.8 Å². The van der Waals surface area contributed by atoms with E-state index in [1.54, 1.807) is 30.3 Å². The monoisotopic (exact) mass is 589 g/mol. The van der Waals surface area contributed by atoms with Crippen LogP contribution in [-0.2, 0) is 6.18 Å². The summed E-state index contributed by atoms with van der Waals surface area (Å²) < 4.78 is 48.5. The SMILES string of the molecule is COc1ccc(-c2nc3c(C(=O)N4CCN(C(CO)c5ccc(C(=O)O)s5)CC4)cnn3c(C(F)(F)F)c2C)cc1. The second kappa shape index (κ2) is 11.1. The number of thiophene rings is 1. The van der Waals surface area contributed by atoms with E-state index in [9.17, 15) is 33.0 Å². The second-order valence-corrected chi connectivity index (χ2v) is 10.6. The quantitative estimate of drug-likeness (QED) is 0.332. The van der Waals surface area contributed by atoms with Crippen LogP contribution in [0.2, 0.25) is 0 Å². The van der Waals surface area contributed by atoms with E-state index < -0.39 is 29.8 Å². The molecule has 0 aliphatic carbocycles. The molecule has 1 fully saturated rings. The molecule has 0 spiro atoms. The number of aromatic carboxylic acids is 1. The largest absolute Gasteiger partial charge is 0.497 e. The Hall–Kier alpha value is -4.01. The van der Waals surface area contributed by atoms with Crippen molar-refractivity contribution in [2.24, 2.45) is 0 Å². The Balaban J connectivity index is 1.43. The van der Waals surface area contributed by atoms with Crippen LogP contribution >= 0.6 is 11.3 Å². The zero-order valence-corrected chi connectivity index (χ0v) is 22.9. The third-order valence-electron chi connectivity index (χ3n) is 7.13. The van der Waals surface area contributed by atoms with Crippen LogP contribution in [0.1, 0.15) is 42.2 Å². The molecule has 0 saturated carbocycles. The molecule has 5 rings (SSSR count). The molecule has 1 aliphatic rings. The van der Waals surface area contributed by atoms with Gasteiger partial charge in [0, 0.05) is 42.2 Å². The Morgan fingerprint density at radius 3 is 2.34 bits per heavy atom. The van der Waals surface area contributed by atoms with Crippen molar-refractivity contribution in [2.75, 3.05) is 39.9 Å². The van der Waals surface area contributed by atoms with E-state index in [-0.39, 0.29) is 47.0 Å². The number of benzene rings is 1. The number of carbonyl (C=O) groups excluding carboxylic acids is 1. The molecule has 4 aromatic rings. The van der Waals surface area contributed by atoms with Gasteiger partial charge in [0.2, 0.25) is 0 Å². The van der Waals surface area contributed by atoms with Crippen LogP contribution in [0.25, 0.3) is 16.9 Å². The molecule has 1 unspecified atom stereocenters. The Kier molecular flexibility index (Phi) is 7.72. The van der Waals surface area contributed by atoms with Gasteiger partial charge in [-0.3, -0.25) is 9.69 Å². The minimum Gasteiger partial charge on any atom is -0.497 e. The maximum absolute atomic E-state index is 14.2. The van der Waals surface area contributed by atoms with E-state index in [1.807, 2.05) is 4.90 Å². The number of ether oxygens (including phenoxy) is 1. The van der Waals surface area contributed by atoms with Gasteiger partial charge in [0.25, 0.3) is 5.91 Å². The summed E-state index contributed by atoms with van der Waals surface area (Å²) in [5, 5.41) is 23.1. The van der Waals surface area contributed by atoms with Gasteiger partial charge in [0.15, 0.2) is 11.3 Å². The summed E-state index contributed by atoms with van der Waals surface area (Å²) in [6.07, 6.45) is -3.65. The fraction of sp³-hybridized carbons (Fsp3) is 0.333. The Bertz CT molecular complexity index is 1590. The fourth-order valence-corrected chi connectivity index (χ4v) is 6.00. The van der Waals surface area contributed by atoms with Crippen molar-refractivity contribution in [3.8, 4) is 17.0 Å². The third kappa shape index (κ3) is 5.37. The average molecular weight is 590 g/mol. The van der Waals surface area contributed by atoms with Gasteiger partial charge in [-0.15, -0.1) is 11.3 Å². The summed E-state index contributed by atoms with van der Waals surface area (Å²) >= 11 is 1.08. The predicted molar refractivity (Wildman–Crippen MR) is 143 cm³/mol. The molecule has 1 saturated heterocycles. The Morgan fingerprint density at radius 2 is 1.78 bits per heavy atom. The molecule has 41 heavy (non-hydrogen) atoms. The minimum absolute atomic E-state index is 0.0539. The first-order chi connectivity index (χ1) is 19.5. The molecule has 0 radical (unpaired) electrons. The highest BCUT2D eigenvalue weighted by molar-refractivity contribution is 7.14. The van der Waals surface area contributed by atoms with E-state index in [1.165, 1.54) is 25.0 Å². The summed E-state index contributed by atoms with van der Waals surface area (Å²) in [7, 11) is 1.48. The summed E-state index contributed by atoms with van der Waals surface area (Å²) in [4.78, 5) is 33.6. The molecular formula is C27H26F3N5O5S. The van der Waals surface area contributed by atoms with Crippen molar-refractivity contribution in [2.45, 2.75) is 19.1 Å². The van der Waals surface area contributed by atoms with Crippen molar-refractivity contribution in [3.63, 3.8) is 0 Å². The number of fused-ring (bicyclic) bond motifs is 1. The number of methoxy groups -OCH3 is 1. The molecule has 1 aliphatic heterocycles. The highest BCUT2D eigenvalue weighted by Gasteiger charge is 2.39. The van der Waals surface area contributed by atoms with Crippen LogP contribution in [0.5, 0.6) is 5.75 Å². The van der Waals surface area contributed by atoms with Gasteiger partial charge in [-0.1, -0.05) is 0 Å². The van der Waals surface area contributed by atoms with E-state index in [2.05, 4.69) is 10.1 Å². The smallest absolute Gasteiger partial charge is 0.433 e. The molecule has 1 atom stereocenters. The lowest BCUT2D eigenvalue weighted by atomic mass is 10.0. The average Bonchev–Trinajstić information content (AvgIpc) is 3.60. The van der Waals surface area contributed by atoms with E-state index in [4.69, 9.17) is 4.74 Å².